The van der Waals surface area contributed by atoms with Gasteiger partial charge in [0.15, 0.2) is 0 Å². The second-order valence-corrected chi connectivity index (χ2v) is 10.1. The monoisotopic (exact) mass is 470 g/mol. The van der Waals surface area contributed by atoms with Gasteiger partial charge in [-0.3, -0.25) is 0 Å². The van der Waals surface area contributed by atoms with Gasteiger partial charge >= 0.3 is 0 Å². The predicted molar refractivity (Wildman–Crippen MR) is 136 cm³/mol. The molecular weight excluding hydrogens is 447 g/mol. The van der Waals surface area contributed by atoms with E-state index in [2.05, 4.69) is 66.6 Å². The Kier molecular flexibility index (Phi) is 6.00. The van der Waals surface area contributed by atoms with Crippen LogP contribution in [0.5, 0.6) is 0 Å². The Hall–Kier alpha value is -2.13. The Morgan fingerprint density at radius 1 is 0.968 bits per heavy atom. The highest BCUT2D eigenvalue weighted by atomic mass is 35.5. The number of hydrogen-bond acceptors (Lipinski definition) is 2. The van der Waals surface area contributed by atoms with Gasteiger partial charge in [-0.25, -0.2) is 0 Å². The molecule has 31 heavy (non-hydrogen) atoms. The molecule has 0 saturated heterocycles. The molecule has 0 spiro atoms. The van der Waals surface area contributed by atoms with E-state index in [1.165, 1.54) is 5.56 Å². The van der Waals surface area contributed by atoms with Gasteiger partial charge in [0.1, 0.15) is 4.33 Å². The molecule has 0 aliphatic heterocycles. The molecule has 3 aromatic rings. The van der Waals surface area contributed by atoms with Crippen molar-refractivity contribution >= 4 is 46.2 Å². The van der Waals surface area contributed by atoms with Crippen LogP contribution >= 0.6 is 34.8 Å². The van der Waals surface area contributed by atoms with Crippen LogP contribution in [0.2, 0.25) is 5.02 Å². The first-order valence-corrected chi connectivity index (χ1v) is 11.3. The van der Waals surface area contributed by atoms with Crippen LogP contribution in [-0.2, 0) is 0 Å². The number of hydrogen-bond donors (Lipinski definition) is 2. The topological polar surface area (TPSA) is 24.1 Å². The fraction of sp³-hybridized carbons (Fsp3) is 0.231. The molecule has 2 nitrogen and oxygen atoms in total. The average molecular weight is 472 g/mol. The van der Waals surface area contributed by atoms with Crippen LogP contribution in [-0.4, -0.2) is 11.4 Å². The van der Waals surface area contributed by atoms with E-state index in [4.69, 9.17) is 34.8 Å². The van der Waals surface area contributed by atoms with Gasteiger partial charge < -0.3 is 10.6 Å². The maximum Gasteiger partial charge on any atom is 0.134 e. The van der Waals surface area contributed by atoms with Crippen LogP contribution in [0.3, 0.4) is 0 Å². The van der Waals surface area contributed by atoms with E-state index in [1.54, 1.807) is 0 Å². The van der Waals surface area contributed by atoms with Crippen molar-refractivity contribution < 1.29 is 0 Å². The van der Waals surface area contributed by atoms with Crippen molar-refractivity contribution in [3.8, 4) is 11.1 Å². The Labute approximate surface area is 199 Å². The highest BCUT2D eigenvalue weighted by molar-refractivity contribution is 6.52. The maximum absolute atomic E-state index is 6.67. The summed E-state index contributed by atoms with van der Waals surface area (Å²) in [5, 5.41) is 7.33. The molecular formula is C26H25Cl3N2. The number of anilines is 2. The summed E-state index contributed by atoms with van der Waals surface area (Å²) in [6.45, 7) is 8.38. The zero-order valence-corrected chi connectivity index (χ0v) is 20.0. The van der Waals surface area contributed by atoms with Crippen molar-refractivity contribution in [2.24, 2.45) is 5.92 Å². The second kappa shape index (κ2) is 8.43. The lowest BCUT2D eigenvalue weighted by Gasteiger charge is -2.14. The van der Waals surface area contributed by atoms with Crippen LogP contribution < -0.4 is 10.6 Å². The highest BCUT2D eigenvalue weighted by Crippen LogP contribution is 2.67. The summed E-state index contributed by atoms with van der Waals surface area (Å²) in [6, 6.07) is 20.6. The van der Waals surface area contributed by atoms with Gasteiger partial charge in [0.05, 0.1) is 0 Å². The number of alkyl halides is 2. The van der Waals surface area contributed by atoms with Crippen molar-refractivity contribution in [3.63, 3.8) is 0 Å². The fourth-order valence-corrected chi connectivity index (χ4v) is 5.43. The van der Waals surface area contributed by atoms with Crippen molar-refractivity contribution in [3.05, 3.63) is 94.7 Å². The van der Waals surface area contributed by atoms with Crippen molar-refractivity contribution in [1.29, 1.82) is 0 Å². The van der Waals surface area contributed by atoms with E-state index in [1.807, 2.05) is 32.2 Å². The summed E-state index contributed by atoms with van der Waals surface area (Å²) in [7, 11) is 1.92. The Bertz CT molecular complexity index is 1130. The predicted octanol–water partition coefficient (Wildman–Crippen LogP) is 8.18. The number of nitrogens with one attached hydrogen (secondary N) is 2. The number of allylic oxidation sites excluding steroid dienone is 1. The number of rotatable bonds is 6. The van der Waals surface area contributed by atoms with Gasteiger partial charge in [0, 0.05) is 41.0 Å². The van der Waals surface area contributed by atoms with E-state index in [9.17, 15) is 0 Å². The summed E-state index contributed by atoms with van der Waals surface area (Å²) < 4.78 is -0.907. The molecule has 1 aliphatic rings. The minimum absolute atomic E-state index is 0.0505. The lowest BCUT2D eigenvalue weighted by atomic mass is 9.99. The Morgan fingerprint density at radius 2 is 1.74 bits per heavy atom. The van der Waals surface area contributed by atoms with Crippen LogP contribution in [0.15, 0.2) is 72.9 Å². The van der Waals surface area contributed by atoms with Crippen LogP contribution in [0.25, 0.3) is 11.1 Å². The minimum Gasteiger partial charge on any atom is -0.388 e. The van der Waals surface area contributed by atoms with Gasteiger partial charge in [0.25, 0.3) is 0 Å². The lowest BCUT2D eigenvalue weighted by molar-refractivity contribution is 0.946. The molecule has 0 aromatic heterocycles. The fourth-order valence-electron chi connectivity index (χ4n) is 4.24. The van der Waals surface area contributed by atoms with Crippen LogP contribution in [0, 0.1) is 19.8 Å². The number of halogens is 3. The van der Waals surface area contributed by atoms with Crippen molar-refractivity contribution in [2.75, 3.05) is 17.7 Å². The molecule has 1 fully saturated rings. The molecule has 0 radical (unpaired) electrons. The highest BCUT2D eigenvalue weighted by Gasteiger charge is 2.65. The second-order valence-electron chi connectivity index (χ2n) is 8.20. The van der Waals surface area contributed by atoms with Gasteiger partial charge in [-0.15, -0.1) is 23.2 Å². The zero-order valence-electron chi connectivity index (χ0n) is 17.8. The standard InChI is InChI=1S/C26H25Cl3N2/c1-15-10-19(12-20(27)11-15)25-24(26(25,28)29)17(3)31-22-9-8-16(2)23(14-22)18-6-5-7-21(13-18)30-4/h5-14,24-25,30-31H,3H2,1-2,4H3. The molecule has 2 atom stereocenters. The van der Waals surface area contributed by atoms with E-state index in [0.717, 1.165) is 39.3 Å². The molecule has 5 heteroatoms. The summed E-state index contributed by atoms with van der Waals surface area (Å²) in [5.74, 6) is -0.156. The third kappa shape index (κ3) is 4.43. The average Bonchev–Trinajstić information content (AvgIpc) is 3.31. The molecule has 3 aromatic carbocycles. The molecule has 1 saturated carbocycles. The zero-order chi connectivity index (χ0) is 22.3. The first-order valence-electron chi connectivity index (χ1n) is 10.2. The molecule has 0 amide bonds. The minimum atomic E-state index is -0.907. The van der Waals surface area contributed by atoms with Gasteiger partial charge in [-0.05, 0) is 78.1 Å². The van der Waals surface area contributed by atoms with Gasteiger partial charge in [-0.1, -0.05) is 42.4 Å². The maximum atomic E-state index is 6.67. The van der Waals surface area contributed by atoms with Crippen molar-refractivity contribution in [2.45, 2.75) is 24.1 Å². The smallest absolute Gasteiger partial charge is 0.134 e. The summed E-state index contributed by atoms with van der Waals surface area (Å²) >= 11 is 19.6. The molecule has 4 rings (SSSR count). The normalized spacial score (nSPS) is 19.0. The van der Waals surface area contributed by atoms with Crippen LogP contribution in [0.4, 0.5) is 11.4 Å². The molecule has 0 heterocycles. The molecule has 0 bridgehead atoms. The molecule has 2 unspecified atom stereocenters. The van der Waals surface area contributed by atoms with Crippen LogP contribution in [0.1, 0.15) is 22.6 Å². The molecule has 160 valence electrons. The number of benzene rings is 3. The van der Waals surface area contributed by atoms with Gasteiger partial charge in [-0.2, -0.15) is 0 Å². The molecule has 2 N–H and O–H groups in total. The summed E-state index contributed by atoms with van der Waals surface area (Å²) in [5.41, 5.74) is 8.47. The molecule has 1 aliphatic carbocycles. The van der Waals surface area contributed by atoms with Crippen molar-refractivity contribution in [1.82, 2.24) is 0 Å². The largest absolute Gasteiger partial charge is 0.388 e. The first-order chi connectivity index (χ1) is 14.7. The summed E-state index contributed by atoms with van der Waals surface area (Å²) in [6.07, 6.45) is 0. The lowest BCUT2D eigenvalue weighted by Crippen LogP contribution is -2.04. The number of aryl methyl sites for hydroxylation is 2. The third-order valence-corrected chi connectivity index (χ3v) is 7.02. The van der Waals surface area contributed by atoms with E-state index >= 15 is 0 Å². The third-order valence-electron chi connectivity index (χ3n) is 5.86. The van der Waals surface area contributed by atoms with Gasteiger partial charge in [0.2, 0.25) is 0 Å². The SMILES string of the molecule is C=C(Nc1ccc(C)c(-c2cccc(NC)c2)c1)C1C(c2cc(C)cc(Cl)c2)C1(Cl)Cl. The van der Waals surface area contributed by atoms with E-state index in [-0.39, 0.29) is 11.8 Å². The Balaban J connectivity index is 1.57. The summed E-state index contributed by atoms with van der Waals surface area (Å²) in [4.78, 5) is 0. The van der Waals surface area contributed by atoms with E-state index in [0.29, 0.717) is 5.02 Å². The van der Waals surface area contributed by atoms with E-state index < -0.39 is 4.33 Å². The quantitative estimate of drug-likeness (QED) is 0.354. The Morgan fingerprint density at radius 3 is 2.45 bits per heavy atom. The first kappa shape index (κ1) is 22.1.